The molecular weight excluding hydrogens is 318 g/mol. The molecule has 3 nitrogen and oxygen atoms in total. The molecule has 2 aromatic rings. The molecule has 0 amide bonds. The summed E-state index contributed by atoms with van der Waals surface area (Å²) in [5.41, 5.74) is 7.99. The van der Waals surface area contributed by atoms with Crippen molar-refractivity contribution in [2.45, 2.75) is 19.6 Å². The molecule has 0 spiro atoms. The summed E-state index contributed by atoms with van der Waals surface area (Å²) in [6.45, 7) is 2.45. The lowest BCUT2D eigenvalue weighted by Gasteiger charge is -2.12. The molecule has 0 aromatic heterocycles. The summed E-state index contributed by atoms with van der Waals surface area (Å²) in [4.78, 5) is 0. The van der Waals surface area contributed by atoms with E-state index in [1.807, 2.05) is 49.4 Å². The Kier molecular flexibility index (Phi) is 5.04. The zero-order chi connectivity index (χ0) is 14.5. The van der Waals surface area contributed by atoms with Gasteiger partial charge in [0, 0.05) is 6.04 Å². The van der Waals surface area contributed by atoms with E-state index in [2.05, 4.69) is 15.9 Å². The minimum atomic E-state index is 0.0127. The van der Waals surface area contributed by atoms with E-state index in [1.165, 1.54) is 0 Å². The average molecular weight is 336 g/mol. The normalized spacial score (nSPS) is 12.0. The first-order valence-electron chi connectivity index (χ1n) is 6.41. The summed E-state index contributed by atoms with van der Waals surface area (Å²) >= 11 is 3.51. The Morgan fingerprint density at radius 2 is 2.00 bits per heavy atom. The van der Waals surface area contributed by atoms with Crippen molar-refractivity contribution in [3.05, 3.63) is 58.1 Å². The van der Waals surface area contributed by atoms with Gasteiger partial charge < -0.3 is 15.2 Å². The van der Waals surface area contributed by atoms with Crippen molar-refractivity contribution in [1.82, 2.24) is 0 Å². The van der Waals surface area contributed by atoms with Crippen LogP contribution in [0.3, 0.4) is 0 Å². The molecule has 0 aliphatic carbocycles. The highest BCUT2D eigenvalue weighted by Gasteiger charge is 2.06. The van der Waals surface area contributed by atoms with E-state index in [0.29, 0.717) is 6.61 Å². The third-order valence-corrected chi connectivity index (χ3v) is 3.63. The Hall–Kier alpha value is -1.52. The van der Waals surface area contributed by atoms with E-state index in [9.17, 15) is 0 Å². The smallest absolute Gasteiger partial charge is 0.134 e. The molecule has 2 N–H and O–H groups in total. The standard InChI is InChI=1S/C16H18BrNO2/c1-11(18)13-6-7-16(15(17)9-13)20-10-12-4-3-5-14(8-12)19-2/h3-9,11H,10,18H2,1-2H3. The summed E-state index contributed by atoms with van der Waals surface area (Å²) in [7, 11) is 1.66. The van der Waals surface area contributed by atoms with Gasteiger partial charge in [-0.2, -0.15) is 0 Å². The van der Waals surface area contributed by atoms with Gasteiger partial charge in [0.1, 0.15) is 18.1 Å². The van der Waals surface area contributed by atoms with Crippen LogP contribution in [0, 0.1) is 0 Å². The van der Waals surface area contributed by atoms with Crippen molar-refractivity contribution < 1.29 is 9.47 Å². The molecule has 20 heavy (non-hydrogen) atoms. The first-order chi connectivity index (χ1) is 9.60. The molecule has 2 aromatic carbocycles. The summed E-state index contributed by atoms with van der Waals surface area (Å²) in [6, 6.07) is 13.8. The molecule has 0 heterocycles. The number of hydrogen-bond acceptors (Lipinski definition) is 3. The minimum absolute atomic E-state index is 0.0127. The summed E-state index contributed by atoms with van der Waals surface area (Å²) in [5.74, 6) is 1.63. The van der Waals surface area contributed by atoms with E-state index in [0.717, 1.165) is 27.1 Å². The number of rotatable bonds is 5. The van der Waals surface area contributed by atoms with Gasteiger partial charge >= 0.3 is 0 Å². The molecule has 0 radical (unpaired) electrons. The van der Waals surface area contributed by atoms with Gasteiger partial charge in [0.15, 0.2) is 0 Å². The number of nitrogens with two attached hydrogens (primary N) is 1. The van der Waals surface area contributed by atoms with Crippen LogP contribution in [0.2, 0.25) is 0 Å². The maximum atomic E-state index is 5.85. The van der Waals surface area contributed by atoms with Crippen LogP contribution in [-0.2, 0) is 6.61 Å². The van der Waals surface area contributed by atoms with E-state index in [1.54, 1.807) is 7.11 Å². The topological polar surface area (TPSA) is 44.5 Å². The zero-order valence-electron chi connectivity index (χ0n) is 11.6. The molecule has 106 valence electrons. The fourth-order valence-electron chi connectivity index (χ4n) is 1.84. The predicted molar refractivity (Wildman–Crippen MR) is 84.1 cm³/mol. The van der Waals surface area contributed by atoms with Crippen LogP contribution in [0.4, 0.5) is 0 Å². The highest BCUT2D eigenvalue weighted by atomic mass is 79.9. The maximum absolute atomic E-state index is 5.85. The highest BCUT2D eigenvalue weighted by Crippen LogP contribution is 2.28. The average Bonchev–Trinajstić information content (AvgIpc) is 2.46. The van der Waals surface area contributed by atoms with Crippen LogP contribution in [0.25, 0.3) is 0 Å². The third kappa shape index (κ3) is 3.74. The second kappa shape index (κ2) is 6.77. The van der Waals surface area contributed by atoms with Crippen LogP contribution in [0.15, 0.2) is 46.9 Å². The van der Waals surface area contributed by atoms with Gasteiger partial charge in [0.25, 0.3) is 0 Å². The third-order valence-electron chi connectivity index (χ3n) is 3.01. The van der Waals surface area contributed by atoms with Crippen LogP contribution in [0.1, 0.15) is 24.1 Å². The minimum Gasteiger partial charge on any atom is -0.497 e. The molecule has 0 saturated carbocycles. The number of benzene rings is 2. The van der Waals surface area contributed by atoms with Crippen molar-refractivity contribution in [3.8, 4) is 11.5 Å². The molecule has 4 heteroatoms. The number of ether oxygens (including phenoxy) is 2. The molecule has 1 unspecified atom stereocenters. The lowest BCUT2D eigenvalue weighted by Crippen LogP contribution is -2.05. The van der Waals surface area contributed by atoms with Gasteiger partial charge in [-0.05, 0) is 58.2 Å². The Bertz CT molecular complexity index is 584. The van der Waals surface area contributed by atoms with Crippen molar-refractivity contribution >= 4 is 15.9 Å². The number of hydrogen-bond donors (Lipinski definition) is 1. The van der Waals surface area contributed by atoms with E-state index in [4.69, 9.17) is 15.2 Å². The highest BCUT2D eigenvalue weighted by molar-refractivity contribution is 9.10. The Labute approximate surface area is 127 Å². The largest absolute Gasteiger partial charge is 0.497 e. The van der Waals surface area contributed by atoms with Crippen LogP contribution in [0.5, 0.6) is 11.5 Å². The molecule has 0 aliphatic heterocycles. The molecule has 0 saturated heterocycles. The fraction of sp³-hybridized carbons (Fsp3) is 0.250. The van der Waals surface area contributed by atoms with Crippen LogP contribution in [-0.4, -0.2) is 7.11 Å². The summed E-state index contributed by atoms with van der Waals surface area (Å²) < 4.78 is 11.9. The molecule has 0 bridgehead atoms. The predicted octanol–water partition coefficient (Wildman–Crippen LogP) is 4.06. The zero-order valence-corrected chi connectivity index (χ0v) is 13.2. The maximum Gasteiger partial charge on any atom is 0.134 e. The quantitative estimate of drug-likeness (QED) is 0.896. The Morgan fingerprint density at radius 1 is 1.20 bits per heavy atom. The van der Waals surface area contributed by atoms with Gasteiger partial charge in [-0.1, -0.05) is 18.2 Å². The number of halogens is 1. The molecular formula is C16H18BrNO2. The van der Waals surface area contributed by atoms with Gasteiger partial charge in [0.05, 0.1) is 11.6 Å². The second-order valence-corrected chi connectivity index (χ2v) is 5.47. The van der Waals surface area contributed by atoms with Crippen molar-refractivity contribution in [3.63, 3.8) is 0 Å². The summed E-state index contributed by atoms with van der Waals surface area (Å²) in [5, 5.41) is 0. The van der Waals surface area contributed by atoms with Crippen molar-refractivity contribution in [2.75, 3.05) is 7.11 Å². The van der Waals surface area contributed by atoms with Gasteiger partial charge in [0.2, 0.25) is 0 Å². The SMILES string of the molecule is COc1cccc(COc2ccc(C(C)N)cc2Br)c1. The monoisotopic (exact) mass is 335 g/mol. The van der Waals surface area contributed by atoms with Gasteiger partial charge in [-0.15, -0.1) is 0 Å². The Balaban J connectivity index is 2.07. The molecule has 0 aliphatic rings. The lowest BCUT2D eigenvalue weighted by molar-refractivity contribution is 0.303. The van der Waals surface area contributed by atoms with Gasteiger partial charge in [-0.3, -0.25) is 0 Å². The Morgan fingerprint density at radius 3 is 2.65 bits per heavy atom. The van der Waals surface area contributed by atoms with Crippen molar-refractivity contribution in [2.24, 2.45) is 5.73 Å². The summed E-state index contributed by atoms with van der Waals surface area (Å²) in [6.07, 6.45) is 0. The first-order valence-corrected chi connectivity index (χ1v) is 7.20. The number of methoxy groups -OCH3 is 1. The molecule has 1 atom stereocenters. The fourth-order valence-corrected chi connectivity index (χ4v) is 2.35. The van der Waals surface area contributed by atoms with Crippen molar-refractivity contribution in [1.29, 1.82) is 0 Å². The lowest BCUT2D eigenvalue weighted by atomic mass is 10.1. The molecule has 2 rings (SSSR count). The van der Waals surface area contributed by atoms with Gasteiger partial charge in [-0.25, -0.2) is 0 Å². The van der Waals surface area contributed by atoms with Crippen LogP contribution < -0.4 is 15.2 Å². The van der Waals surface area contributed by atoms with Crippen LogP contribution >= 0.6 is 15.9 Å². The van der Waals surface area contributed by atoms with E-state index >= 15 is 0 Å². The van der Waals surface area contributed by atoms with E-state index < -0.39 is 0 Å². The first kappa shape index (κ1) is 14.9. The molecule has 0 fully saturated rings. The van der Waals surface area contributed by atoms with E-state index in [-0.39, 0.29) is 6.04 Å². The second-order valence-electron chi connectivity index (χ2n) is 4.62.